The number of aliphatic carboxylic acids is 1. The molecule has 2 atom stereocenters. The first-order chi connectivity index (χ1) is 9.40. The lowest BCUT2D eigenvalue weighted by Gasteiger charge is -2.42. The van der Waals surface area contributed by atoms with Crippen LogP contribution in [0.15, 0.2) is 0 Å². The van der Waals surface area contributed by atoms with Crippen molar-refractivity contribution in [3.8, 4) is 0 Å². The molecule has 6 heteroatoms. The molecule has 0 radical (unpaired) electrons. The summed E-state index contributed by atoms with van der Waals surface area (Å²) in [6.45, 7) is 4.05. The summed E-state index contributed by atoms with van der Waals surface area (Å²) in [4.78, 5) is 25.6. The number of carboxylic acid groups (broad SMARTS) is 1. The van der Waals surface area contributed by atoms with Crippen LogP contribution >= 0.6 is 11.8 Å². The van der Waals surface area contributed by atoms with E-state index in [1.54, 1.807) is 23.8 Å². The zero-order chi connectivity index (χ0) is 14.9. The molecule has 0 aromatic rings. The second-order valence-corrected chi connectivity index (χ2v) is 7.19. The Morgan fingerprint density at radius 2 is 2.10 bits per heavy atom. The van der Waals surface area contributed by atoms with Gasteiger partial charge in [0.2, 0.25) is 5.91 Å². The van der Waals surface area contributed by atoms with Gasteiger partial charge in [0.05, 0.1) is 17.4 Å². The quantitative estimate of drug-likeness (QED) is 0.841. The Labute approximate surface area is 124 Å². The molecule has 1 heterocycles. The maximum atomic E-state index is 12.6. The minimum Gasteiger partial charge on any atom is -0.480 e. The molecule has 114 valence electrons. The molecule has 1 N–H and O–H groups in total. The molecule has 1 aliphatic heterocycles. The molecule has 1 saturated heterocycles. The van der Waals surface area contributed by atoms with E-state index >= 15 is 0 Å². The maximum absolute atomic E-state index is 12.6. The van der Waals surface area contributed by atoms with Gasteiger partial charge in [-0.05, 0) is 25.2 Å². The van der Waals surface area contributed by atoms with Crippen LogP contribution in [0.25, 0.3) is 0 Å². The van der Waals surface area contributed by atoms with Gasteiger partial charge in [-0.3, -0.25) is 4.79 Å². The molecule has 1 aliphatic carbocycles. The van der Waals surface area contributed by atoms with Crippen LogP contribution in [0.5, 0.6) is 0 Å². The number of thioether (sulfide) groups is 1. The fourth-order valence-electron chi connectivity index (χ4n) is 2.94. The molecular weight excluding hydrogens is 278 g/mol. The molecular formula is C14H23NO4S. The normalized spacial score (nSPS) is 28.5. The largest absolute Gasteiger partial charge is 0.480 e. The summed E-state index contributed by atoms with van der Waals surface area (Å²) in [6, 6.07) is -0.700. The van der Waals surface area contributed by atoms with Gasteiger partial charge in [-0.2, -0.15) is 0 Å². The summed E-state index contributed by atoms with van der Waals surface area (Å²) in [5, 5.41) is 9.28. The zero-order valence-corrected chi connectivity index (χ0v) is 13.1. The van der Waals surface area contributed by atoms with Crippen molar-refractivity contribution in [1.82, 2.24) is 4.90 Å². The van der Waals surface area contributed by atoms with Gasteiger partial charge in [0.25, 0.3) is 0 Å². The zero-order valence-electron chi connectivity index (χ0n) is 12.3. The molecule has 2 unspecified atom stereocenters. The van der Waals surface area contributed by atoms with Crippen LogP contribution in [0.4, 0.5) is 0 Å². The Hall–Kier alpha value is -0.750. The summed E-state index contributed by atoms with van der Waals surface area (Å²) in [6.07, 6.45) is 3.16. The molecule has 1 amide bonds. The third-order valence-electron chi connectivity index (χ3n) is 4.35. The summed E-state index contributed by atoms with van der Waals surface area (Å²) in [5.74, 6) is -0.269. The average Bonchev–Trinajstić information content (AvgIpc) is 2.78. The smallest absolute Gasteiger partial charge is 0.327 e. The van der Waals surface area contributed by atoms with Crippen molar-refractivity contribution in [2.24, 2.45) is 5.92 Å². The SMILES string of the molecule is COC1(CC(=O)N2C(C(=O)O)CSC2C(C)C)CCC1. The number of nitrogens with zero attached hydrogens (tertiary/aromatic N) is 1. The van der Waals surface area contributed by atoms with Crippen molar-refractivity contribution in [2.45, 2.75) is 56.5 Å². The number of carbonyl (C=O) groups excluding carboxylic acids is 1. The third-order valence-corrected chi connectivity index (χ3v) is 5.97. The summed E-state index contributed by atoms with van der Waals surface area (Å²) in [5.41, 5.74) is -0.352. The molecule has 2 aliphatic rings. The van der Waals surface area contributed by atoms with Crippen LogP contribution in [0.1, 0.15) is 39.5 Å². The van der Waals surface area contributed by atoms with Crippen molar-refractivity contribution in [2.75, 3.05) is 12.9 Å². The highest BCUT2D eigenvalue weighted by molar-refractivity contribution is 8.00. The number of carboxylic acids is 1. The van der Waals surface area contributed by atoms with Crippen molar-refractivity contribution < 1.29 is 19.4 Å². The lowest BCUT2D eigenvalue weighted by atomic mass is 9.77. The number of methoxy groups -OCH3 is 1. The average molecular weight is 301 g/mol. The molecule has 0 spiro atoms. The lowest BCUT2D eigenvalue weighted by Crippen LogP contribution is -2.51. The van der Waals surface area contributed by atoms with E-state index in [-0.39, 0.29) is 22.8 Å². The van der Waals surface area contributed by atoms with Crippen molar-refractivity contribution >= 4 is 23.6 Å². The third kappa shape index (κ3) is 2.81. The molecule has 20 heavy (non-hydrogen) atoms. The Morgan fingerprint density at radius 1 is 1.45 bits per heavy atom. The predicted molar refractivity (Wildman–Crippen MR) is 77.6 cm³/mol. The minimum atomic E-state index is -0.908. The summed E-state index contributed by atoms with van der Waals surface area (Å²) < 4.78 is 5.49. The number of amides is 1. The first-order valence-corrected chi connectivity index (χ1v) is 8.16. The van der Waals surface area contributed by atoms with Gasteiger partial charge in [-0.15, -0.1) is 11.8 Å². The molecule has 0 bridgehead atoms. The molecule has 0 aromatic heterocycles. The van der Waals surface area contributed by atoms with E-state index in [9.17, 15) is 14.7 Å². The van der Waals surface area contributed by atoms with Crippen molar-refractivity contribution in [1.29, 1.82) is 0 Å². The highest BCUT2D eigenvalue weighted by atomic mass is 32.2. The van der Waals surface area contributed by atoms with Gasteiger partial charge < -0.3 is 14.7 Å². The monoisotopic (exact) mass is 301 g/mol. The predicted octanol–water partition coefficient (Wildman–Crippen LogP) is 1.96. The van der Waals surface area contributed by atoms with Crippen LogP contribution < -0.4 is 0 Å². The highest BCUT2D eigenvalue weighted by Crippen LogP contribution is 2.41. The maximum Gasteiger partial charge on any atom is 0.327 e. The summed E-state index contributed by atoms with van der Waals surface area (Å²) >= 11 is 1.57. The first kappa shape index (κ1) is 15.6. The van der Waals surface area contributed by atoms with Gasteiger partial charge in [-0.25, -0.2) is 4.79 Å². The van der Waals surface area contributed by atoms with Gasteiger partial charge in [0, 0.05) is 12.9 Å². The molecule has 1 saturated carbocycles. The molecule has 5 nitrogen and oxygen atoms in total. The van der Waals surface area contributed by atoms with E-state index in [4.69, 9.17) is 4.74 Å². The summed E-state index contributed by atoms with van der Waals surface area (Å²) in [7, 11) is 1.64. The van der Waals surface area contributed by atoms with Gasteiger partial charge in [-0.1, -0.05) is 13.8 Å². The number of hydrogen-bond acceptors (Lipinski definition) is 4. The molecule has 2 rings (SSSR count). The molecule has 2 fully saturated rings. The Balaban J connectivity index is 2.12. The van der Waals surface area contributed by atoms with Gasteiger partial charge in [0.1, 0.15) is 6.04 Å². The Kier molecular flexibility index (Phi) is 4.64. The second-order valence-electron chi connectivity index (χ2n) is 6.04. The number of carbonyl (C=O) groups is 2. The highest BCUT2D eigenvalue weighted by Gasteiger charge is 2.46. The fourth-order valence-corrected chi connectivity index (χ4v) is 4.43. The molecule has 0 aromatic carbocycles. The van der Waals surface area contributed by atoms with E-state index in [1.165, 1.54) is 0 Å². The number of hydrogen-bond donors (Lipinski definition) is 1. The van der Waals surface area contributed by atoms with Crippen LogP contribution in [-0.2, 0) is 14.3 Å². The van der Waals surface area contributed by atoms with Crippen molar-refractivity contribution in [3.63, 3.8) is 0 Å². The second kappa shape index (κ2) is 5.93. The van der Waals surface area contributed by atoms with E-state index in [0.29, 0.717) is 12.2 Å². The standard InChI is InChI=1S/C14H23NO4S/c1-9(2)12-15(10(8-20-12)13(17)18)11(16)7-14(19-3)5-4-6-14/h9-10,12H,4-8H2,1-3H3,(H,17,18). The van der Waals surface area contributed by atoms with Crippen LogP contribution in [0.2, 0.25) is 0 Å². The van der Waals surface area contributed by atoms with E-state index in [0.717, 1.165) is 19.3 Å². The lowest BCUT2D eigenvalue weighted by molar-refractivity contribution is -0.155. The van der Waals surface area contributed by atoms with E-state index in [2.05, 4.69) is 0 Å². The first-order valence-electron chi connectivity index (χ1n) is 7.11. The van der Waals surface area contributed by atoms with E-state index in [1.807, 2.05) is 13.8 Å². The van der Waals surface area contributed by atoms with Gasteiger partial charge >= 0.3 is 5.97 Å². The van der Waals surface area contributed by atoms with Crippen LogP contribution in [-0.4, -0.2) is 51.8 Å². The van der Waals surface area contributed by atoms with Crippen LogP contribution in [0.3, 0.4) is 0 Å². The topological polar surface area (TPSA) is 66.8 Å². The number of rotatable bonds is 5. The fraction of sp³-hybridized carbons (Fsp3) is 0.857. The van der Waals surface area contributed by atoms with Crippen molar-refractivity contribution in [3.05, 3.63) is 0 Å². The van der Waals surface area contributed by atoms with Crippen LogP contribution in [0, 0.1) is 5.92 Å². The van der Waals surface area contributed by atoms with Gasteiger partial charge in [0.15, 0.2) is 0 Å². The minimum absolute atomic E-state index is 0.0439. The van der Waals surface area contributed by atoms with E-state index < -0.39 is 12.0 Å². The Bertz CT molecular complexity index is 389. The Morgan fingerprint density at radius 3 is 2.50 bits per heavy atom. The number of ether oxygens (including phenoxy) is 1.